The summed E-state index contributed by atoms with van der Waals surface area (Å²) in [5, 5.41) is 3.18. The Hall–Kier alpha value is -1.75. The van der Waals surface area contributed by atoms with Gasteiger partial charge in [0.2, 0.25) is 0 Å². The summed E-state index contributed by atoms with van der Waals surface area (Å²) in [6.07, 6.45) is 0. The van der Waals surface area contributed by atoms with Crippen LogP contribution in [-0.4, -0.2) is 12.9 Å². The third-order valence-corrected chi connectivity index (χ3v) is 3.55. The van der Waals surface area contributed by atoms with E-state index in [-0.39, 0.29) is 0 Å². The zero-order chi connectivity index (χ0) is 14.4. The summed E-state index contributed by atoms with van der Waals surface area (Å²) in [6.45, 7) is 0.519. The fourth-order valence-corrected chi connectivity index (χ4v) is 2.47. The summed E-state index contributed by atoms with van der Waals surface area (Å²) in [4.78, 5) is 0.539. The number of hydrogen-bond acceptors (Lipinski definition) is 3. The molecule has 0 saturated heterocycles. The van der Waals surface area contributed by atoms with Crippen LogP contribution in [0.3, 0.4) is 0 Å². The van der Waals surface area contributed by atoms with Crippen molar-refractivity contribution < 1.29 is 13.5 Å². The molecule has 0 fully saturated rings. The number of methoxy groups -OCH3 is 1. The molecule has 0 aliphatic carbocycles. The second kappa shape index (κ2) is 7.14. The highest BCUT2D eigenvalue weighted by Gasteiger charge is 2.10. The lowest BCUT2D eigenvalue weighted by molar-refractivity contribution is 0.252. The van der Waals surface area contributed by atoms with Crippen molar-refractivity contribution in [2.75, 3.05) is 12.4 Å². The van der Waals surface area contributed by atoms with Crippen molar-refractivity contribution in [3.05, 3.63) is 54.1 Å². The maximum absolute atomic E-state index is 12.5. The van der Waals surface area contributed by atoms with Gasteiger partial charge in [-0.2, -0.15) is 8.78 Å². The molecule has 1 N–H and O–H groups in total. The highest BCUT2D eigenvalue weighted by Crippen LogP contribution is 2.32. The monoisotopic (exact) mass is 295 g/mol. The van der Waals surface area contributed by atoms with Gasteiger partial charge in [0.25, 0.3) is 5.76 Å². The van der Waals surface area contributed by atoms with E-state index in [1.807, 2.05) is 30.3 Å². The minimum Gasteiger partial charge on any atom is -0.496 e. The first-order chi connectivity index (χ1) is 9.70. The first-order valence-corrected chi connectivity index (χ1v) is 6.98. The van der Waals surface area contributed by atoms with E-state index in [4.69, 9.17) is 4.74 Å². The van der Waals surface area contributed by atoms with Crippen LogP contribution in [0.2, 0.25) is 0 Å². The second-order valence-electron chi connectivity index (χ2n) is 4.04. The van der Waals surface area contributed by atoms with Crippen LogP contribution in [0.5, 0.6) is 5.75 Å². The van der Waals surface area contributed by atoms with Gasteiger partial charge in [-0.1, -0.05) is 42.1 Å². The molecule has 0 amide bonds. The molecule has 0 spiro atoms. The van der Waals surface area contributed by atoms with E-state index < -0.39 is 5.76 Å². The predicted octanol–water partition coefficient (Wildman–Crippen LogP) is 4.62. The topological polar surface area (TPSA) is 21.3 Å². The van der Waals surface area contributed by atoms with Crippen LogP contribution < -0.4 is 10.1 Å². The molecule has 2 rings (SSSR count). The van der Waals surface area contributed by atoms with E-state index in [0.717, 1.165) is 11.3 Å². The molecule has 20 heavy (non-hydrogen) atoms. The lowest BCUT2D eigenvalue weighted by Gasteiger charge is -2.13. The third-order valence-electron chi connectivity index (χ3n) is 2.76. The standard InChI is InChI=1S/C15H15F2NOS/c1-19-13-8-4-2-6-11(13)10-18-12-7-3-5-9-14(12)20-15(16)17/h2-9,15,18H,10H2,1H3. The normalized spacial score (nSPS) is 10.6. The number of hydrogen-bond donors (Lipinski definition) is 1. The molecule has 0 saturated carbocycles. The van der Waals surface area contributed by atoms with Gasteiger partial charge >= 0.3 is 0 Å². The molecule has 0 heterocycles. The van der Waals surface area contributed by atoms with Gasteiger partial charge in [0.05, 0.1) is 7.11 Å². The molecule has 0 atom stereocenters. The first-order valence-electron chi connectivity index (χ1n) is 6.10. The largest absolute Gasteiger partial charge is 0.496 e. The number of rotatable bonds is 6. The van der Waals surface area contributed by atoms with Gasteiger partial charge in [-0.05, 0) is 18.2 Å². The van der Waals surface area contributed by atoms with E-state index in [0.29, 0.717) is 28.9 Å². The summed E-state index contributed by atoms with van der Waals surface area (Å²) < 4.78 is 30.3. The maximum atomic E-state index is 12.5. The Balaban J connectivity index is 2.11. The van der Waals surface area contributed by atoms with Crippen molar-refractivity contribution in [1.29, 1.82) is 0 Å². The van der Waals surface area contributed by atoms with Gasteiger partial charge in [-0.15, -0.1) is 0 Å². The second-order valence-corrected chi connectivity index (χ2v) is 5.07. The van der Waals surface area contributed by atoms with Gasteiger partial charge in [0, 0.05) is 22.7 Å². The molecule has 0 aromatic heterocycles. The molecule has 2 aromatic carbocycles. The highest BCUT2D eigenvalue weighted by molar-refractivity contribution is 7.99. The molecule has 0 aliphatic rings. The molecule has 5 heteroatoms. The zero-order valence-electron chi connectivity index (χ0n) is 11.0. The van der Waals surface area contributed by atoms with Crippen LogP contribution in [-0.2, 0) is 6.54 Å². The Morgan fingerprint density at radius 2 is 1.80 bits per heavy atom. The Labute approximate surface area is 121 Å². The lowest BCUT2D eigenvalue weighted by Crippen LogP contribution is -2.02. The fourth-order valence-electron chi connectivity index (χ4n) is 1.85. The minimum atomic E-state index is -2.43. The van der Waals surface area contributed by atoms with Crippen molar-refractivity contribution in [2.24, 2.45) is 0 Å². The summed E-state index contributed by atoms with van der Waals surface area (Å²) >= 11 is 0.543. The highest BCUT2D eigenvalue weighted by atomic mass is 32.2. The van der Waals surface area contributed by atoms with Gasteiger partial charge in [0.1, 0.15) is 5.75 Å². The third kappa shape index (κ3) is 3.87. The van der Waals surface area contributed by atoms with E-state index in [2.05, 4.69) is 5.32 Å². The van der Waals surface area contributed by atoms with Crippen LogP contribution >= 0.6 is 11.8 Å². The summed E-state index contributed by atoms with van der Waals surface area (Å²) in [5.74, 6) is -1.65. The number of ether oxygens (including phenoxy) is 1. The van der Waals surface area contributed by atoms with Crippen LogP contribution in [0.4, 0.5) is 14.5 Å². The average molecular weight is 295 g/mol. The van der Waals surface area contributed by atoms with Gasteiger partial charge in [-0.3, -0.25) is 0 Å². The molecule has 2 nitrogen and oxygen atoms in total. The molecule has 106 valence electrons. The number of halogens is 2. The summed E-state index contributed by atoms with van der Waals surface area (Å²) in [7, 11) is 1.61. The van der Waals surface area contributed by atoms with E-state index in [9.17, 15) is 8.78 Å². The smallest absolute Gasteiger partial charge is 0.288 e. The number of para-hydroxylation sites is 2. The van der Waals surface area contributed by atoms with Crippen LogP contribution in [0.25, 0.3) is 0 Å². The number of alkyl halides is 2. The SMILES string of the molecule is COc1ccccc1CNc1ccccc1SC(F)F. The Morgan fingerprint density at radius 3 is 2.55 bits per heavy atom. The molecule has 0 unspecified atom stereocenters. The van der Waals surface area contributed by atoms with E-state index in [1.165, 1.54) is 0 Å². The molecule has 0 bridgehead atoms. The van der Waals surface area contributed by atoms with Crippen molar-refractivity contribution in [3.8, 4) is 5.75 Å². The molecule has 0 radical (unpaired) electrons. The van der Waals surface area contributed by atoms with Crippen molar-refractivity contribution >= 4 is 17.4 Å². The molecule has 2 aromatic rings. The average Bonchev–Trinajstić information content (AvgIpc) is 2.46. The molecular weight excluding hydrogens is 280 g/mol. The number of thioether (sulfide) groups is 1. The number of benzene rings is 2. The minimum absolute atomic E-state index is 0.519. The Morgan fingerprint density at radius 1 is 1.10 bits per heavy atom. The van der Waals surface area contributed by atoms with Gasteiger partial charge in [-0.25, -0.2) is 0 Å². The van der Waals surface area contributed by atoms with Crippen LogP contribution in [0.1, 0.15) is 5.56 Å². The Bertz CT molecular complexity index is 563. The van der Waals surface area contributed by atoms with Crippen molar-refractivity contribution in [3.63, 3.8) is 0 Å². The van der Waals surface area contributed by atoms with Gasteiger partial charge < -0.3 is 10.1 Å². The van der Waals surface area contributed by atoms with E-state index >= 15 is 0 Å². The maximum Gasteiger partial charge on any atom is 0.288 e. The first kappa shape index (κ1) is 14.7. The summed E-state index contributed by atoms with van der Waals surface area (Å²) in [5.41, 5.74) is 1.68. The van der Waals surface area contributed by atoms with Crippen LogP contribution in [0.15, 0.2) is 53.4 Å². The van der Waals surface area contributed by atoms with Gasteiger partial charge in [0.15, 0.2) is 0 Å². The molecule has 0 aliphatic heterocycles. The zero-order valence-corrected chi connectivity index (χ0v) is 11.8. The number of nitrogens with one attached hydrogen (secondary N) is 1. The van der Waals surface area contributed by atoms with Crippen molar-refractivity contribution in [2.45, 2.75) is 17.2 Å². The predicted molar refractivity (Wildman–Crippen MR) is 78.6 cm³/mol. The lowest BCUT2D eigenvalue weighted by atomic mass is 10.2. The molecular formula is C15H15F2NOS. The van der Waals surface area contributed by atoms with Crippen LogP contribution in [0, 0.1) is 0 Å². The van der Waals surface area contributed by atoms with E-state index in [1.54, 1.807) is 25.3 Å². The number of anilines is 1. The quantitative estimate of drug-likeness (QED) is 0.786. The van der Waals surface area contributed by atoms with Crippen molar-refractivity contribution in [1.82, 2.24) is 0 Å². The Kier molecular flexibility index (Phi) is 5.24. The fraction of sp³-hybridized carbons (Fsp3) is 0.200. The summed E-state index contributed by atoms with van der Waals surface area (Å²) in [6, 6.07) is 14.7.